The second kappa shape index (κ2) is 5.80. The lowest BCUT2D eigenvalue weighted by Crippen LogP contribution is -2.17. The molecule has 0 radical (unpaired) electrons. The summed E-state index contributed by atoms with van der Waals surface area (Å²) in [4.78, 5) is 0. The first kappa shape index (κ1) is 17.5. The smallest absolute Gasteiger partial charge is 0.0846 e. The summed E-state index contributed by atoms with van der Waals surface area (Å²) in [5, 5.41) is 10.6. The zero-order valence-corrected chi connectivity index (χ0v) is 17.2. The van der Waals surface area contributed by atoms with Crippen molar-refractivity contribution in [2.45, 2.75) is 38.7 Å². The van der Waals surface area contributed by atoms with Crippen LogP contribution in [0.1, 0.15) is 44.4 Å². The molecule has 1 N–H and O–H groups in total. The van der Waals surface area contributed by atoms with E-state index in [1.54, 1.807) is 0 Å². The Morgan fingerprint density at radius 3 is 2.27 bits per heavy atom. The van der Waals surface area contributed by atoms with Gasteiger partial charge in [0.1, 0.15) is 0 Å². The SMILES string of the molecule is CC(C)(O)c1ccccc1-c1ccc2c(c1)-c1ccc(Br)cc1C2(C)C. The summed E-state index contributed by atoms with van der Waals surface area (Å²) >= 11 is 3.62. The van der Waals surface area contributed by atoms with Crippen LogP contribution >= 0.6 is 15.9 Å². The second-order valence-corrected chi connectivity index (χ2v) is 9.10. The summed E-state index contributed by atoms with van der Waals surface area (Å²) in [5.74, 6) is 0. The minimum Gasteiger partial charge on any atom is -0.386 e. The van der Waals surface area contributed by atoms with E-state index in [1.807, 2.05) is 32.0 Å². The Morgan fingerprint density at radius 1 is 0.808 bits per heavy atom. The van der Waals surface area contributed by atoms with E-state index in [2.05, 4.69) is 72.2 Å². The number of halogens is 1. The van der Waals surface area contributed by atoms with Crippen LogP contribution in [0, 0.1) is 0 Å². The molecule has 132 valence electrons. The minimum absolute atomic E-state index is 0.0112. The molecule has 0 aliphatic heterocycles. The molecule has 0 saturated carbocycles. The Hall–Kier alpha value is -1.90. The lowest BCUT2D eigenvalue weighted by molar-refractivity contribution is 0.0792. The van der Waals surface area contributed by atoms with Crippen molar-refractivity contribution in [1.29, 1.82) is 0 Å². The van der Waals surface area contributed by atoms with E-state index in [0.29, 0.717) is 0 Å². The maximum absolute atomic E-state index is 10.6. The van der Waals surface area contributed by atoms with Gasteiger partial charge >= 0.3 is 0 Å². The van der Waals surface area contributed by atoms with Crippen LogP contribution in [0.4, 0.5) is 0 Å². The standard InChI is InChI=1S/C24H23BrO/c1-23(2)20-12-9-15(17-7-5-6-8-21(17)24(3,4)26)13-19(20)18-11-10-16(25)14-22(18)23/h5-14,26H,1-4H3. The molecule has 0 aromatic heterocycles. The van der Waals surface area contributed by atoms with E-state index < -0.39 is 5.60 Å². The Bertz CT molecular complexity index is 1010. The predicted octanol–water partition coefficient (Wildman–Crippen LogP) is 6.65. The van der Waals surface area contributed by atoms with Crippen LogP contribution in [0.25, 0.3) is 22.3 Å². The predicted molar refractivity (Wildman–Crippen MR) is 112 cm³/mol. The summed E-state index contributed by atoms with van der Waals surface area (Å²) in [7, 11) is 0. The summed E-state index contributed by atoms with van der Waals surface area (Å²) in [6.07, 6.45) is 0. The molecule has 0 amide bonds. The van der Waals surface area contributed by atoms with Crippen molar-refractivity contribution in [3.05, 3.63) is 81.8 Å². The molecular weight excluding hydrogens is 384 g/mol. The average molecular weight is 407 g/mol. The van der Waals surface area contributed by atoms with Crippen molar-refractivity contribution in [3.63, 3.8) is 0 Å². The lowest BCUT2D eigenvalue weighted by Gasteiger charge is -2.23. The van der Waals surface area contributed by atoms with Gasteiger partial charge in [0.05, 0.1) is 5.60 Å². The first-order chi connectivity index (χ1) is 12.2. The zero-order chi connectivity index (χ0) is 18.7. The van der Waals surface area contributed by atoms with Gasteiger partial charge in [-0.05, 0) is 71.0 Å². The fourth-order valence-electron chi connectivity index (χ4n) is 4.16. The molecule has 0 fully saturated rings. The Labute approximate surface area is 163 Å². The maximum Gasteiger partial charge on any atom is 0.0846 e. The van der Waals surface area contributed by atoms with E-state index >= 15 is 0 Å². The molecule has 1 aliphatic carbocycles. The fraction of sp³-hybridized carbons (Fsp3) is 0.250. The Morgan fingerprint density at radius 2 is 1.54 bits per heavy atom. The molecule has 0 saturated heterocycles. The van der Waals surface area contributed by atoms with Crippen LogP contribution in [0.15, 0.2) is 65.1 Å². The van der Waals surface area contributed by atoms with Crippen LogP contribution in [-0.4, -0.2) is 5.11 Å². The van der Waals surface area contributed by atoms with Crippen molar-refractivity contribution in [2.75, 3.05) is 0 Å². The Balaban J connectivity index is 1.94. The van der Waals surface area contributed by atoms with Crippen molar-refractivity contribution in [2.24, 2.45) is 0 Å². The molecule has 1 aliphatic rings. The number of aliphatic hydroxyl groups is 1. The van der Waals surface area contributed by atoms with E-state index in [-0.39, 0.29) is 5.41 Å². The highest BCUT2D eigenvalue weighted by Crippen LogP contribution is 2.50. The third kappa shape index (κ3) is 2.64. The molecule has 0 unspecified atom stereocenters. The molecule has 3 aromatic rings. The number of hydrogen-bond acceptors (Lipinski definition) is 1. The molecule has 0 bridgehead atoms. The summed E-state index contributed by atoms with van der Waals surface area (Å²) < 4.78 is 1.12. The summed E-state index contributed by atoms with van der Waals surface area (Å²) in [5.41, 5.74) is 7.61. The van der Waals surface area contributed by atoms with E-state index in [9.17, 15) is 5.11 Å². The van der Waals surface area contributed by atoms with Crippen LogP contribution in [0.3, 0.4) is 0 Å². The van der Waals surface area contributed by atoms with E-state index in [1.165, 1.54) is 22.3 Å². The maximum atomic E-state index is 10.6. The lowest BCUT2D eigenvalue weighted by atomic mass is 9.82. The van der Waals surface area contributed by atoms with Gasteiger partial charge in [-0.1, -0.05) is 72.2 Å². The number of hydrogen-bond donors (Lipinski definition) is 1. The molecule has 2 heteroatoms. The quantitative estimate of drug-likeness (QED) is 0.504. The van der Waals surface area contributed by atoms with Gasteiger partial charge in [0.25, 0.3) is 0 Å². The molecule has 0 spiro atoms. The summed E-state index contributed by atoms with van der Waals surface area (Å²) in [6.45, 7) is 8.26. The number of rotatable bonds is 2. The molecule has 1 nitrogen and oxygen atoms in total. The van der Waals surface area contributed by atoms with Crippen molar-refractivity contribution < 1.29 is 5.11 Å². The zero-order valence-electron chi connectivity index (χ0n) is 15.6. The van der Waals surface area contributed by atoms with Crippen molar-refractivity contribution in [3.8, 4) is 22.3 Å². The first-order valence-corrected chi connectivity index (χ1v) is 9.76. The van der Waals surface area contributed by atoms with Crippen molar-refractivity contribution >= 4 is 15.9 Å². The van der Waals surface area contributed by atoms with Gasteiger partial charge in [-0.2, -0.15) is 0 Å². The third-order valence-electron chi connectivity index (χ3n) is 5.54. The molecular formula is C24H23BrO. The van der Waals surface area contributed by atoms with E-state index in [4.69, 9.17) is 0 Å². The molecule has 26 heavy (non-hydrogen) atoms. The largest absolute Gasteiger partial charge is 0.386 e. The molecule has 3 aromatic carbocycles. The van der Waals surface area contributed by atoms with Gasteiger partial charge in [0.15, 0.2) is 0 Å². The summed E-state index contributed by atoms with van der Waals surface area (Å²) in [6, 6.07) is 21.4. The third-order valence-corrected chi connectivity index (χ3v) is 6.03. The highest BCUT2D eigenvalue weighted by Gasteiger charge is 2.35. The monoisotopic (exact) mass is 406 g/mol. The first-order valence-electron chi connectivity index (χ1n) is 8.97. The second-order valence-electron chi connectivity index (χ2n) is 8.18. The van der Waals surface area contributed by atoms with Crippen LogP contribution in [0.5, 0.6) is 0 Å². The number of fused-ring (bicyclic) bond motifs is 3. The van der Waals surface area contributed by atoms with Gasteiger partial charge in [-0.25, -0.2) is 0 Å². The van der Waals surface area contributed by atoms with Gasteiger partial charge in [0.2, 0.25) is 0 Å². The highest BCUT2D eigenvalue weighted by atomic mass is 79.9. The highest BCUT2D eigenvalue weighted by molar-refractivity contribution is 9.10. The minimum atomic E-state index is -0.877. The van der Waals surface area contributed by atoms with Crippen LogP contribution in [0.2, 0.25) is 0 Å². The molecule has 0 atom stereocenters. The van der Waals surface area contributed by atoms with Gasteiger partial charge < -0.3 is 5.11 Å². The van der Waals surface area contributed by atoms with E-state index in [0.717, 1.165) is 21.2 Å². The molecule has 0 heterocycles. The Kier molecular flexibility index (Phi) is 3.91. The number of benzene rings is 3. The molecule has 4 rings (SSSR count). The van der Waals surface area contributed by atoms with Crippen molar-refractivity contribution in [1.82, 2.24) is 0 Å². The topological polar surface area (TPSA) is 20.2 Å². The normalized spacial score (nSPS) is 14.8. The van der Waals surface area contributed by atoms with Gasteiger partial charge in [0, 0.05) is 9.89 Å². The van der Waals surface area contributed by atoms with Crippen LogP contribution < -0.4 is 0 Å². The average Bonchev–Trinajstić information content (AvgIpc) is 2.81. The van der Waals surface area contributed by atoms with Crippen LogP contribution in [-0.2, 0) is 11.0 Å². The fourth-order valence-corrected chi connectivity index (χ4v) is 4.52. The van der Waals surface area contributed by atoms with Gasteiger partial charge in [-0.3, -0.25) is 0 Å². The van der Waals surface area contributed by atoms with Gasteiger partial charge in [-0.15, -0.1) is 0 Å².